The van der Waals surface area contributed by atoms with Gasteiger partial charge in [-0.25, -0.2) is 4.98 Å². The van der Waals surface area contributed by atoms with Gasteiger partial charge in [0.05, 0.1) is 31.1 Å². The number of benzene rings is 2. The van der Waals surface area contributed by atoms with E-state index in [2.05, 4.69) is 58.1 Å². The number of hydrogen-bond donors (Lipinski definition) is 1. The summed E-state index contributed by atoms with van der Waals surface area (Å²) in [5, 5.41) is 0.720. The van der Waals surface area contributed by atoms with Crippen LogP contribution >= 0.6 is 11.6 Å². The van der Waals surface area contributed by atoms with Crippen molar-refractivity contribution in [1.29, 1.82) is 0 Å². The van der Waals surface area contributed by atoms with Crippen LogP contribution in [-0.2, 0) is 11.3 Å². The highest BCUT2D eigenvalue weighted by molar-refractivity contribution is 6.30. The van der Waals surface area contributed by atoms with Crippen molar-refractivity contribution in [2.45, 2.75) is 12.6 Å². The Morgan fingerprint density at radius 3 is 2.79 bits per heavy atom. The van der Waals surface area contributed by atoms with Gasteiger partial charge in [-0.3, -0.25) is 4.90 Å². The van der Waals surface area contributed by atoms with Crippen molar-refractivity contribution in [2.24, 2.45) is 0 Å². The maximum Gasteiger partial charge on any atom is 0.126 e. The Labute approximate surface area is 170 Å². The smallest absolute Gasteiger partial charge is 0.126 e. The molecule has 28 heavy (non-hydrogen) atoms. The first-order chi connectivity index (χ1) is 13.6. The molecule has 0 unspecified atom stereocenters. The van der Waals surface area contributed by atoms with Gasteiger partial charge in [-0.15, -0.1) is 0 Å². The molecule has 1 aliphatic heterocycles. The summed E-state index contributed by atoms with van der Waals surface area (Å²) in [5.41, 5.74) is 4.51. The number of hydrogen-bond acceptors (Lipinski definition) is 4. The standard InChI is InChI=1S/C22H25ClN4O/c1-26(2)19-8-6-16(7-9-19)14-27-10-11-28-15-21(27)22-24-13-20(25-22)17-4-3-5-18(23)12-17/h3-9,12-13,21H,10-11,14-15H2,1-2H3,(H,24,25)/t21-/m0/s1. The number of rotatable bonds is 5. The van der Waals surface area contributed by atoms with Gasteiger partial charge in [0.25, 0.3) is 0 Å². The molecule has 1 aliphatic rings. The zero-order chi connectivity index (χ0) is 19.5. The van der Waals surface area contributed by atoms with Crippen LogP contribution in [0.2, 0.25) is 5.02 Å². The predicted octanol–water partition coefficient (Wildman–Crippen LogP) is 4.37. The number of aromatic amines is 1. The molecule has 1 saturated heterocycles. The van der Waals surface area contributed by atoms with Gasteiger partial charge in [0.15, 0.2) is 0 Å². The third-order valence-corrected chi connectivity index (χ3v) is 5.36. The molecule has 6 heteroatoms. The van der Waals surface area contributed by atoms with E-state index in [1.165, 1.54) is 11.3 Å². The molecule has 146 valence electrons. The van der Waals surface area contributed by atoms with E-state index in [9.17, 15) is 0 Å². The molecule has 1 aromatic heterocycles. The first-order valence-corrected chi connectivity index (χ1v) is 9.87. The second-order valence-electron chi connectivity index (χ2n) is 7.31. The molecule has 2 aromatic carbocycles. The van der Waals surface area contributed by atoms with Crippen LogP contribution in [0, 0.1) is 0 Å². The van der Waals surface area contributed by atoms with Crippen LogP contribution in [0.4, 0.5) is 5.69 Å². The van der Waals surface area contributed by atoms with Crippen molar-refractivity contribution >= 4 is 17.3 Å². The average molecular weight is 397 g/mol. The summed E-state index contributed by atoms with van der Waals surface area (Å²) in [6.45, 7) is 3.13. The van der Waals surface area contributed by atoms with Crippen LogP contribution in [0.3, 0.4) is 0 Å². The molecule has 1 atom stereocenters. The molecule has 1 fully saturated rings. The molecular formula is C22H25ClN4O. The molecule has 5 nitrogen and oxygen atoms in total. The van der Waals surface area contributed by atoms with Gasteiger partial charge in [-0.1, -0.05) is 35.9 Å². The van der Waals surface area contributed by atoms with Gasteiger partial charge in [0.2, 0.25) is 0 Å². The minimum Gasteiger partial charge on any atom is -0.378 e. The average Bonchev–Trinajstić information content (AvgIpc) is 3.19. The van der Waals surface area contributed by atoms with Crippen LogP contribution in [0.1, 0.15) is 17.4 Å². The van der Waals surface area contributed by atoms with Crippen molar-refractivity contribution in [3.05, 3.63) is 71.1 Å². The number of halogens is 1. The monoisotopic (exact) mass is 396 g/mol. The van der Waals surface area contributed by atoms with Gasteiger partial charge < -0.3 is 14.6 Å². The van der Waals surface area contributed by atoms with Crippen molar-refractivity contribution in [3.8, 4) is 11.3 Å². The number of nitrogens with zero attached hydrogens (tertiary/aromatic N) is 3. The van der Waals surface area contributed by atoms with E-state index in [0.717, 1.165) is 41.8 Å². The lowest BCUT2D eigenvalue weighted by Gasteiger charge is -2.34. The fourth-order valence-corrected chi connectivity index (χ4v) is 3.71. The minimum atomic E-state index is 0.107. The van der Waals surface area contributed by atoms with Gasteiger partial charge in [-0.05, 0) is 29.8 Å². The molecule has 0 radical (unpaired) electrons. The first-order valence-electron chi connectivity index (χ1n) is 9.49. The number of nitrogens with one attached hydrogen (secondary N) is 1. The highest BCUT2D eigenvalue weighted by Gasteiger charge is 2.27. The van der Waals surface area contributed by atoms with Crippen LogP contribution < -0.4 is 4.90 Å². The summed E-state index contributed by atoms with van der Waals surface area (Å²) in [6, 6.07) is 16.6. The number of imidazole rings is 1. The summed E-state index contributed by atoms with van der Waals surface area (Å²) in [5.74, 6) is 0.930. The van der Waals surface area contributed by atoms with E-state index >= 15 is 0 Å². The SMILES string of the molecule is CN(C)c1ccc(CN2CCOC[C@H]2c2ncc(-c3cccc(Cl)c3)[nH]2)cc1. The summed E-state index contributed by atoms with van der Waals surface area (Å²) in [4.78, 5) is 12.7. The van der Waals surface area contributed by atoms with Crippen molar-refractivity contribution in [2.75, 3.05) is 38.8 Å². The summed E-state index contributed by atoms with van der Waals surface area (Å²) in [6.07, 6.45) is 1.87. The lowest BCUT2D eigenvalue weighted by molar-refractivity contribution is -0.0156. The fourth-order valence-electron chi connectivity index (χ4n) is 3.52. The predicted molar refractivity (Wildman–Crippen MR) is 114 cm³/mol. The molecule has 0 aliphatic carbocycles. The van der Waals surface area contributed by atoms with E-state index in [1.807, 2.05) is 30.5 Å². The zero-order valence-corrected chi connectivity index (χ0v) is 17.0. The van der Waals surface area contributed by atoms with E-state index in [0.29, 0.717) is 6.61 Å². The van der Waals surface area contributed by atoms with Gasteiger partial charge in [0, 0.05) is 43.5 Å². The number of morpholine rings is 1. The molecule has 3 aromatic rings. The molecular weight excluding hydrogens is 372 g/mol. The first kappa shape index (κ1) is 19.0. The quantitative estimate of drug-likeness (QED) is 0.695. The highest BCUT2D eigenvalue weighted by atomic mass is 35.5. The maximum absolute atomic E-state index is 6.13. The van der Waals surface area contributed by atoms with E-state index in [1.54, 1.807) is 0 Å². The summed E-state index contributed by atoms with van der Waals surface area (Å²) < 4.78 is 5.76. The molecule has 0 spiro atoms. The van der Waals surface area contributed by atoms with Crippen molar-refractivity contribution in [3.63, 3.8) is 0 Å². The Balaban J connectivity index is 1.52. The van der Waals surface area contributed by atoms with Crippen molar-refractivity contribution < 1.29 is 4.74 Å². The number of ether oxygens (including phenoxy) is 1. The Kier molecular flexibility index (Phi) is 5.67. The second kappa shape index (κ2) is 8.35. The molecule has 0 bridgehead atoms. The Morgan fingerprint density at radius 1 is 1.21 bits per heavy atom. The Morgan fingerprint density at radius 2 is 2.04 bits per heavy atom. The van der Waals surface area contributed by atoms with Gasteiger partial charge in [-0.2, -0.15) is 0 Å². The molecule has 1 N–H and O–H groups in total. The maximum atomic E-state index is 6.13. The Hall–Kier alpha value is -2.34. The van der Waals surface area contributed by atoms with Gasteiger partial charge in [0.1, 0.15) is 5.82 Å². The number of aromatic nitrogens is 2. The second-order valence-corrected chi connectivity index (χ2v) is 7.75. The topological polar surface area (TPSA) is 44.4 Å². The van der Waals surface area contributed by atoms with Crippen LogP contribution in [-0.4, -0.2) is 48.7 Å². The Bertz CT molecular complexity index is 922. The summed E-state index contributed by atoms with van der Waals surface area (Å²) in [7, 11) is 4.11. The third kappa shape index (κ3) is 4.22. The van der Waals surface area contributed by atoms with E-state index in [4.69, 9.17) is 16.3 Å². The third-order valence-electron chi connectivity index (χ3n) is 5.12. The molecule has 0 saturated carbocycles. The number of H-pyrrole nitrogens is 1. The molecule has 4 rings (SSSR count). The molecule has 2 heterocycles. The zero-order valence-electron chi connectivity index (χ0n) is 16.2. The van der Waals surface area contributed by atoms with Gasteiger partial charge >= 0.3 is 0 Å². The number of anilines is 1. The molecule has 0 amide bonds. The highest BCUT2D eigenvalue weighted by Crippen LogP contribution is 2.27. The lowest BCUT2D eigenvalue weighted by Crippen LogP contribution is -2.39. The minimum absolute atomic E-state index is 0.107. The lowest BCUT2D eigenvalue weighted by atomic mass is 10.1. The van der Waals surface area contributed by atoms with Crippen LogP contribution in [0.5, 0.6) is 0 Å². The summed E-state index contributed by atoms with van der Waals surface area (Å²) >= 11 is 6.13. The van der Waals surface area contributed by atoms with E-state index < -0.39 is 0 Å². The van der Waals surface area contributed by atoms with Crippen molar-refractivity contribution in [1.82, 2.24) is 14.9 Å². The largest absolute Gasteiger partial charge is 0.378 e. The van der Waals surface area contributed by atoms with Crippen LogP contribution in [0.15, 0.2) is 54.7 Å². The van der Waals surface area contributed by atoms with Crippen LogP contribution in [0.25, 0.3) is 11.3 Å². The fraction of sp³-hybridized carbons (Fsp3) is 0.318. The normalized spacial score (nSPS) is 17.6. The van der Waals surface area contributed by atoms with E-state index in [-0.39, 0.29) is 6.04 Å².